The first kappa shape index (κ1) is 12.8. The molecule has 0 saturated carbocycles. The van der Waals surface area contributed by atoms with Gasteiger partial charge >= 0.3 is 0 Å². The monoisotopic (exact) mass is 262 g/mol. The summed E-state index contributed by atoms with van der Waals surface area (Å²) >= 11 is 5.26. The minimum absolute atomic E-state index is 0.277. The van der Waals surface area contributed by atoms with Crippen molar-refractivity contribution >= 4 is 23.9 Å². The van der Waals surface area contributed by atoms with E-state index >= 15 is 0 Å². The number of aromatic amines is 1. The van der Waals surface area contributed by atoms with Gasteiger partial charge < -0.3 is 4.90 Å². The Bertz CT molecular complexity index is 580. The van der Waals surface area contributed by atoms with Crippen molar-refractivity contribution in [1.82, 2.24) is 14.8 Å². The summed E-state index contributed by atoms with van der Waals surface area (Å²) in [6.07, 6.45) is 0. The highest BCUT2D eigenvalue weighted by atomic mass is 32.1. The van der Waals surface area contributed by atoms with E-state index in [-0.39, 0.29) is 6.04 Å². The molecule has 0 unspecified atom stereocenters. The van der Waals surface area contributed by atoms with Gasteiger partial charge in [0.2, 0.25) is 5.95 Å². The molecule has 2 aromatic rings. The lowest BCUT2D eigenvalue weighted by Crippen LogP contribution is -2.16. The molecule has 0 aliphatic heterocycles. The van der Waals surface area contributed by atoms with Crippen molar-refractivity contribution in [2.24, 2.45) is 0 Å². The Balaban J connectivity index is 2.43. The van der Waals surface area contributed by atoms with Gasteiger partial charge in [-0.15, -0.1) is 5.10 Å². The summed E-state index contributed by atoms with van der Waals surface area (Å²) in [6.45, 7) is 6.27. The van der Waals surface area contributed by atoms with Crippen LogP contribution in [0.1, 0.15) is 25.5 Å². The Morgan fingerprint density at radius 3 is 2.44 bits per heavy atom. The van der Waals surface area contributed by atoms with Gasteiger partial charge in [-0.25, -0.2) is 5.10 Å². The van der Waals surface area contributed by atoms with E-state index in [1.54, 1.807) is 0 Å². The number of hydrogen-bond acceptors (Lipinski definition) is 3. The molecule has 0 aliphatic carbocycles. The maximum Gasteiger partial charge on any atom is 0.230 e. The van der Waals surface area contributed by atoms with E-state index < -0.39 is 0 Å². The summed E-state index contributed by atoms with van der Waals surface area (Å²) in [5.74, 6) is 0.832. The number of aryl methyl sites for hydroxylation is 1. The van der Waals surface area contributed by atoms with Crippen molar-refractivity contribution in [3.63, 3.8) is 0 Å². The van der Waals surface area contributed by atoms with Gasteiger partial charge in [0.05, 0.1) is 0 Å². The van der Waals surface area contributed by atoms with Crippen molar-refractivity contribution in [2.45, 2.75) is 26.8 Å². The van der Waals surface area contributed by atoms with Crippen LogP contribution in [0.5, 0.6) is 0 Å². The fraction of sp³-hybridized carbons (Fsp3) is 0.385. The molecule has 0 amide bonds. The van der Waals surface area contributed by atoms with E-state index in [0.717, 1.165) is 11.6 Å². The first-order chi connectivity index (χ1) is 8.50. The van der Waals surface area contributed by atoms with Crippen LogP contribution in [0.4, 0.5) is 11.6 Å². The Morgan fingerprint density at radius 1 is 1.28 bits per heavy atom. The van der Waals surface area contributed by atoms with Gasteiger partial charge in [0.25, 0.3) is 0 Å². The Hall–Kier alpha value is -1.62. The zero-order chi connectivity index (χ0) is 13.3. The van der Waals surface area contributed by atoms with Crippen molar-refractivity contribution in [1.29, 1.82) is 0 Å². The maximum atomic E-state index is 5.26. The highest BCUT2D eigenvalue weighted by Gasteiger charge is 2.14. The van der Waals surface area contributed by atoms with Gasteiger partial charge in [-0.3, -0.25) is 4.57 Å². The SMILES string of the molecule is Cc1ccc(N(C)c2n[nH]c(=S)n2C(C)C)cc1. The lowest BCUT2D eigenvalue weighted by Gasteiger charge is -2.20. The molecule has 0 saturated heterocycles. The molecule has 0 atom stereocenters. The minimum atomic E-state index is 0.277. The zero-order valence-electron chi connectivity index (χ0n) is 11.1. The van der Waals surface area contributed by atoms with Crippen LogP contribution in [0.15, 0.2) is 24.3 Å². The van der Waals surface area contributed by atoms with Crippen LogP contribution in [0.25, 0.3) is 0 Å². The predicted molar refractivity (Wildman–Crippen MR) is 77.0 cm³/mol. The molecule has 4 nitrogen and oxygen atoms in total. The van der Waals surface area contributed by atoms with Crippen molar-refractivity contribution in [3.05, 3.63) is 34.6 Å². The summed E-state index contributed by atoms with van der Waals surface area (Å²) in [5.41, 5.74) is 2.34. The summed E-state index contributed by atoms with van der Waals surface area (Å²) in [5, 5.41) is 7.16. The Morgan fingerprint density at radius 2 is 1.89 bits per heavy atom. The normalized spacial score (nSPS) is 10.9. The molecule has 18 heavy (non-hydrogen) atoms. The van der Waals surface area contributed by atoms with Gasteiger partial charge in [0, 0.05) is 18.8 Å². The molecule has 96 valence electrons. The topological polar surface area (TPSA) is 36.9 Å². The second-order valence-electron chi connectivity index (χ2n) is 4.69. The van der Waals surface area contributed by atoms with Crippen molar-refractivity contribution in [2.75, 3.05) is 11.9 Å². The van der Waals surface area contributed by atoms with E-state index in [4.69, 9.17) is 12.2 Å². The first-order valence-corrected chi connectivity index (χ1v) is 6.39. The van der Waals surface area contributed by atoms with E-state index in [2.05, 4.69) is 55.2 Å². The van der Waals surface area contributed by atoms with Gasteiger partial charge in [0.1, 0.15) is 0 Å². The molecule has 1 N–H and O–H groups in total. The summed E-state index contributed by atoms with van der Waals surface area (Å²) in [7, 11) is 1.99. The lowest BCUT2D eigenvalue weighted by molar-refractivity contribution is 0.591. The van der Waals surface area contributed by atoms with Gasteiger partial charge in [0.15, 0.2) is 4.77 Å². The third kappa shape index (κ3) is 2.31. The Labute approximate surface area is 112 Å². The fourth-order valence-corrected chi connectivity index (χ4v) is 2.22. The molecule has 1 aromatic carbocycles. The quantitative estimate of drug-likeness (QED) is 0.859. The standard InChI is InChI=1S/C13H18N4S/c1-9(2)17-12(14-15-13(17)18)16(4)11-7-5-10(3)6-8-11/h5-9H,1-4H3,(H,15,18). The van der Waals surface area contributed by atoms with Crippen LogP contribution >= 0.6 is 12.2 Å². The number of aromatic nitrogens is 3. The smallest absolute Gasteiger partial charge is 0.230 e. The van der Waals surface area contributed by atoms with Crippen LogP contribution in [-0.2, 0) is 0 Å². The third-order valence-corrected chi connectivity index (χ3v) is 3.21. The molecule has 2 rings (SSSR count). The van der Waals surface area contributed by atoms with Crippen molar-refractivity contribution in [3.8, 4) is 0 Å². The second kappa shape index (κ2) is 4.94. The van der Waals surface area contributed by atoms with Crippen LogP contribution in [-0.4, -0.2) is 21.8 Å². The number of rotatable bonds is 3. The average Bonchev–Trinajstić information content (AvgIpc) is 2.71. The average molecular weight is 262 g/mol. The molecular formula is C13H18N4S. The molecule has 0 spiro atoms. The Kier molecular flexibility index (Phi) is 3.52. The van der Waals surface area contributed by atoms with E-state index in [9.17, 15) is 0 Å². The van der Waals surface area contributed by atoms with Gasteiger partial charge in [-0.2, -0.15) is 0 Å². The highest BCUT2D eigenvalue weighted by Crippen LogP contribution is 2.24. The number of anilines is 2. The number of nitrogens with one attached hydrogen (secondary N) is 1. The molecule has 0 fully saturated rings. The molecule has 0 aliphatic rings. The fourth-order valence-electron chi connectivity index (χ4n) is 1.88. The molecule has 0 radical (unpaired) electrons. The number of hydrogen-bond donors (Lipinski definition) is 1. The molecule has 1 aromatic heterocycles. The van der Waals surface area contributed by atoms with E-state index in [1.165, 1.54) is 5.56 Å². The largest absolute Gasteiger partial charge is 0.314 e. The second-order valence-corrected chi connectivity index (χ2v) is 5.07. The predicted octanol–water partition coefficient (Wildman–Crippen LogP) is 3.60. The summed E-state index contributed by atoms with van der Waals surface area (Å²) in [6, 6.07) is 8.62. The maximum absolute atomic E-state index is 5.26. The number of H-pyrrole nitrogens is 1. The molecule has 5 heteroatoms. The summed E-state index contributed by atoms with van der Waals surface area (Å²) < 4.78 is 2.66. The van der Waals surface area contributed by atoms with Gasteiger partial charge in [-0.05, 0) is 45.1 Å². The highest BCUT2D eigenvalue weighted by molar-refractivity contribution is 7.71. The first-order valence-electron chi connectivity index (χ1n) is 5.98. The molecule has 1 heterocycles. The van der Waals surface area contributed by atoms with Crippen LogP contribution in [0.3, 0.4) is 0 Å². The molecule has 0 bridgehead atoms. The zero-order valence-corrected chi connectivity index (χ0v) is 12.0. The lowest BCUT2D eigenvalue weighted by atomic mass is 10.2. The van der Waals surface area contributed by atoms with E-state index in [0.29, 0.717) is 4.77 Å². The van der Waals surface area contributed by atoms with Crippen molar-refractivity contribution < 1.29 is 0 Å². The number of benzene rings is 1. The van der Waals surface area contributed by atoms with Crippen LogP contribution in [0, 0.1) is 11.7 Å². The van der Waals surface area contributed by atoms with E-state index in [1.807, 2.05) is 16.5 Å². The van der Waals surface area contributed by atoms with Crippen LogP contribution < -0.4 is 4.90 Å². The number of nitrogens with zero attached hydrogens (tertiary/aromatic N) is 3. The molecular weight excluding hydrogens is 244 g/mol. The third-order valence-electron chi connectivity index (χ3n) is 2.92. The van der Waals surface area contributed by atoms with Crippen LogP contribution in [0.2, 0.25) is 0 Å². The minimum Gasteiger partial charge on any atom is -0.314 e. The van der Waals surface area contributed by atoms with Gasteiger partial charge in [-0.1, -0.05) is 17.7 Å². The summed E-state index contributed by atoms with van der Waals surface area (Å²) in [4.78, 5) is 2.03.